The zero-order valence-electron chi connectivity index (χ0n) is 12.3. The Bertz CT molecular complexity index is 643. The first kappa shape index (κ1) is 13.3. The molecule has 4 heterocycles. The fourth-order valence-electron chi connectivity index (χ4n) is 4.26. The Morgan fingerprint density at radius 1 is 1.29 bits per heavy atom. The van der Waals surface area contributed by atoms with Crippen LogP contribution in [0.25, 0.3) is 10.9 Å². The second-order valence-electron chi connectivity index (χ2n) is 6.53. The molecule has 4 N–H and O–H groups in total. The highest BCUT2D eigenvalue weighted by Crippen LogP contribution is 2.42. The van der Waals surface area contributed by atoms with Gasteiger partial charge in [0.2, 0.25) is 0 Å². The number of hydrogen-bond acceptors (Lipinski definition) is 3. The number of para-hydroxylation sites is 1. The third kappa shape index (κ3) is 2.09. The zero-order chi connectivity index (χ0) is 14.4. The Labute approximate surface area is 124 Å². The fraction of sp³-hybridized carbons (Fsp3) is 0.529. The van der Waals surface area contributed by atoms with Crippen molar-refractivity contribution in [2.24, 2.45) is 11.7 Å². The van der Waals surface area contributed by atoms with Crippen molar-refractivity contribution in [3.63, 3.8) is 0 Å². The molecule has 4 nitrogen and oxygen atoms in total. The predicted molar refractivity (Wildman–Crippen MR) is 84.2 cm³/mol. The molecule has 0 saturated carbocycles. The highest BCUT2D eigenvalue weighted by molar-refractivity contribution is 5.85. The molecule has 1 aromatic heterocycles. The second-order valence-corrected chi connectivity index (χ2v) is 6.53. The summed E-state index contributed by atoms with van der Waals surface area (Å²) < 4.78 is 0. The van der Waals surface area contributed by atoms with Crippen LogP contribution in [0.1, 0.15) is 36.1 Å². The molecular weight excluding hydrogens is 262 g/mol. The molecule has 2 bridgehead atoms. The number of aromatic amines is 1. The Morgan fingerprint density at radius 3 is 2.71 bits per heavy atom. The van der Waals surface area contributed by atoms with Gasteiger partial charge in [0.1, 0.15) is 0 Å². The maximum absolute atomic E-state index is 9.57. The molecule has 0 spiro atoms. The van der Waals surface area contributed by atoms with Crippen LogP contribution in [0, 0.1) is 5.92 Å². The quantitative estimate of drug-likeness (QED) is 0.808. The van der Waals surface area contributed by atoms with Gasteiger partial charge >= 0.3 is 0 Å². The third-order valence-corrected chi connectivity index (χ3v) is 5.37. The van der Waals surface area contributed by atoms with E-state index in [1.165, 1.54) is 37.0 Å². The zero-order valence-corrected chi connectivity index (χ0v) is 12.3. The molecule has 3 saturated heterocycles. The van der Waals surface area contributed by atoms with Crippen LogP contribution < -0.4 is 5.73 Å². The number of aliphatic hydroxyl groups excluding tert-OH is 1. The van der Waals surface area contributed by atoms with E-state index < -0.39 is 0 Å². The lowest BCUT2D eigenvalue weighted by atomic mass is 9.76. The van der Waals surface area contributed by atoms with E-state index in [0.29, 0.717) is 5.92 Å². The number of nitrogens with one attached hydrogen (secondary N) is 1. The number of nitrogens with zero attached hydrogens (tertiary/aromatic N) is 1. The number of fused-ring (bicyclic) bond motifs is 4. The van der Waals surface area contributed by atoms with E-state index in [4.69, 9.17) is 5.73 Å². The molecule has 4 heteroatoms. The Balaban J connectivity index is 1.84. The number of piperidine rings is 3. The number of benzene rings is 1. The topological polar surface area (TPSA) is 65.3 Å². The standard InChI is InChI=1S/C17H23N3O/c18-14(10-21)16-12-3-1-2-4-15(12)19-17(16)13-9-20-7-5-11(13)6-8-20/h1-4,11,13-14,19,21H,5-10,18H2. The molecule has 0 radical (unpaired) electrons. The van der Waals surface area contributed by atoms with Gasteiger partial charge in [-0.1, -0.05) is 18.2 Å². The third-order valence-electron chi connectivity index (χ3n) is 5.37. The van der Waals surface area contributed by atoms with Crippen molar-refractivity contribution in [2.45, 2.75) is 24.8 Å². The number of aliphatic hydroxyl groups is 1. The number of H-pyrrole nitrogens is 1. The van der Waals surface area contributed by atoms with Crippen LogP contribution in [0.4, 0.5) is 0 Å². The second kappa shape index (κ2) is 5.13. The number of aromatic nitrogens is 1. The van der Waals surface area contributed by atoms with Crippen molar-refractivity contribution in [1.29, 1.82) is 0 Å². The summed E-state index contributed by atoms with van der Waals surface area (Å²) in [5.41, 5.74) is 9.77. The van der Waals surface area contributed by atoms with Crippen molar-refractivity contribution in [2.75, 3.05) is 26.2 Å². The first-order valence-electron chi connectivity index (χ1n) is 7.97. The molecule has 2 atom stereocenters. The van der Waals surface area contributed by atoms with E-state index in [-0.39, 0.29) is 12.6 Å². The van der Waals surface area contributed by atoms with Gasteiger partial charge in [-0.25, -0.2) is 0 Å². The van der Waals surface area contributed by atoms with Crippen molar-refractivity contribution in [1.82, 2.24) is 9.88 Å². The van der Waals surface area contributed by atoms with Crippen molar-refractivity contribution >= 4 is 10.9 Å². The number of hydrogen-bond donors (Lipinski definition) is 3. The lowest BCUT2D eigenvalue weighted by molar-refractivity contribution is 0.0850. The summed E-state index contributed by atoms with van der Waals surface area (Å²) in [6, 6.07) is 8.01. The SMILES string of the molecule is NC(CO)c1c(C2CN3CCC2CC3)[nH]c2ccccc12. The lowest BCUT2D eigenvalue weighted by Gasteiger charge is -2.45. The summed E-state index contributed by atoms with van der Waals surface area (Å²) in [6.07, 6.45) is 2.57. The minimum atomic E-state index is -0.299. The van der Waals surface area contributed by atoms with Crippen LogP contribution in [-0.4, -0.2) is 41.2 Å². The van der Waals surface area contributed by atoms with Crippen molar-refractivity contribution in [3.8, 4) is 0 Å². The van der Waals surface area contributed by atoms with Crippen LogP contribution in [0.15, 0.2) is 24.3 Å². The molecule has 3 aliphatic heterocycles. The smallest absolute Gasteiger partial charge is 0.0625 e. The maximum atomic E-state index is 9.57. The van der Waals surface area contributed by atoms with Gasteiger partial charge in [-0.15, -0.1) is 0 Å². The van der Waals surface area contributed by atoms with Crippen LogP contribution in [0.2, 0.25) is 0 Å². The summed E-state index contributed by atoms with van der Waals surface area (Å²) >= 11 is 0. The van der Waals surface area contributed by atoms with Crippen LogP contribution in [-0.2, 0) is 0 Å². The van der Waals surface area contributed by atoms with Gasteiger partial charge in [-0.05, 0) is 37.9 Å². The molecule has 3 fully saturated rings. The molecule has 5 rings (SSSR count). The summed E-state index contributed by atoms with van der Waals surface area (Å²) in [5, 5.41) is 10.7. The molecule has 2 aromatic rings. The highest BCUT2D eigenvalue weighted by atomic mass is 16.3. The summed E-state index contributed by atoms with van der Waals surface area (Å²) in [4.78, 5) is 6.18. The predicted octanol–water partition coefficient (Wildman–Crippen LogP) is 1.97. The van der Waals surface area contributed by atoms with Gasteiger partial charge in [-0.3, -0.25) is 0 Å². The molecule has 21 heavy (non-hydrogen) atoms. The van der Waals surface area contributed by atoms with Crippen LogP contribution >= 0.6 is 0 Å². The maximum Gasteiger partial charge on any atom is 0.0625 e. The largest absolute Gasteiger partial charge is 0.394 e. The van der Waals surface area contributed by atoms with E-state index in [1.807, 2.05) is 12.1 Å². The molecule has 0 aliphatic carbocycles. The molecular formula is C17H23N3O. The van der Waals surface area contributed by atoms with Crippen molar-refractivity contribution in [3.05, 3.63) is 35.5 Å². The highest BCUT2D eigenvalue weighted by Gasteiger charge is 2.37. The van der Waals surface area contributed by atoms with E-state index in [9.17, 15) is 5.11 Å². The van der Waals surface area contributed by atoms with E-state index in [1.54, 1.807) is 0 Å². The average Bonchev–Trinajstić information content (AvgIpc) is 2.94. The minimum absolute atomic E-state index is 0.00402. The average molecular weight is 285 g/mol. The molecule has 3 aliphatic rings. The molecule has 2 unspecified atom stereocenters. The summed E-state index contributed by atoms with van der Waals surface area (Å²) in [6.45, 7) is 3.60. The van der Waals surface area contributed by atoms with E-state index >= 15 is 0 Å². The Kier molecular flexibility index (Phi) is 3.25. The van der Waals surface area contributed by atoms with Gasteiger partial charge < -0.3 is 20.7 Å². The van der Waals surface area contributed by atoms with Gasteiger partial charge in [0.25, 0.3) is 0 Å². The monoisotopic (exact) mass is 285 g/mol. The first-order chi connectivity index (χ1) is 10.3. The van der Waals surface area contributed by atoms with Gasteiger partial charge in [0.15, 0.2) is 0 Å². The minimum Gasteiger partial charge on any atom is -0.394 e. The van der Waals surface area contributed by atoms with E-state index in [0.717, 1.165) is 23.5 Å². The summed E-state index contributed by atoms with van der Waals surface area (Å²) in [5.74, 6) is 1.29. The van der Waals surface area contributed by atoms with Gasteiger partial charge in [0.05, 0.1) is 12.6 Å². The fourth-order valence-corrected chi connectivity index (χ4v) is 4.26. The summed E-state index contributed by atoms with van der Waals surface area (Å²) in [7, 11) is 0. The molecule has 0 amide bonds. The lowest BCUT2D eigenvalue weighted by Crippen LogP contribution is -2.46. The Morgan fingerprint density at radius 2 is 2.05 bits per heavy atom. The van der Waals surface area contributed by atoms with Gasteiger partial charge in [-0.2, -0.15) is 0 Å². The number of rotatable bonds is 3. The van der Waals surface area contributed by atoms with E-state index in [2.05, 4.69) is 22.0 Å². The van der Waals surface area contributed by atoms with Gasteiger partial charge in [0, 0.05) is 34.6 Å². The Hall–Kier alpha value is -1.36. The normalized spacial score (nSPS) is 29.9. The number of nitrogens with two attached hydrogens (primary N) is 1. The first-order valence-corrected chi connectivity index (χ1v) is 7.97. The molecule has 112 valence electrons. The van der Waals surface area contributed by atoms with Crippen LogP contribution in [0.3, 0.4) is 0 Å². The van der Waals surface area contributed by atoms with Crippen LogP contribution in [0.5, 0.6) is 0 Å². The molecule has 1 aromatic carbocycles. The van der Waals surface area contributed by atoms with Crippen molar-refractivity contribution < 1.29 is 5.11 Å².